The number of rotatable bonds is 6. The number of para-hydroxylation sites is 1. The van der Waals surface area contributed by atoms with Crippen molar-refractivity contribution in [2.24, 2.45) is 11.8 Å². The zero-order valence-corrected chi connectivity index (χ0v) is 20.9. The van der Waals surface area contributed by atoms with Crippen molar-refractivity contribution in [3.63, 3.8) is 0 Å². The van der Waals surface area contributed by atoms with Crippen molar-refractivity contribution in [3.8, 4) is 0 Å². The second-order valence-electron chi connectivity index (χ2n) is 9.38. The molecular weight excluding hydrogens is 475 g/mol. The molecule has 4 rings (SSSR count). The summed E-state index contributed by atoms with van der Waals surface area (Å²) >= 11 is 12.2. The fraction of sp³-hybridized carbons (Fsp3) is 0.440. The number of benzene rings is 2. The molecule has 1 saturated heterocycles. The van der Waals surface area contributed by atoms with Crippen LogP contribution in [0.5, 0.6) is 0 Å². The molecule has 2 atom stereocenters. The molecular formula is C25H30Cl2N4O3. The summed E-state index contributed by atoms with van der Waals surface area (Å²) in [6.45, 7) is 7.69. The number of amides is 3. The van der Waals surface area contributed by atoms with E-state index in [1.165, 1.54) is 25.0 Å². The summed E-state index contributed by atoms with van der Waals surface area (Å²) in [6.07, 6.45) is 2.37. The zero-order valence-electron chi connectivity index (χ0n) is 19.4. The molecule has 9 heteroatoms. The van der Waals surface area contributed by atoms with Crippen LogP contribution in [-0.2, 0) is 10.5 Å². The number of nitrogens with one attached hydrogen (secondary N) is 2. The van der Waals surface area contributed by atoms with Gasteiger partial charge in [0.2, 0.25) is 0 Å². The molecule has 0 radical (unpaired) electrons. The van der Waals surface area contributed by atoms with Gasteiger partial charge in [-0.1, -0.05) is 55.2 Å². The second-order valence-corrected chi connectivity index (χ2v) is 10.2. The molecule has 0 spiro atoms. The van der Waals surface area contributed by atoms with Crippen molar-refractivity contribution in [2.45, 2.75) is 32.4 Å². The standard InChI is InChI=1S/C25H30Cl2N4O3/c1-16-9-11-30(12-10-16)15-17(2)14-28-23(32)25(34)19-5-3-4-6-22(19)29-24(33)31(25)18-7-8-20(26)21(27)13-18/h3-8,13,16-17,34H,9-12,14-15H2,1-2H3,(H,28,32)(H,29,33)/t17-,25+/m0/s1. The van der Waals surface area contributed by atoms with Gasteiger partial charge in [-0.2, -0.15) is 0 Å². The Morgan fingerprint density at radius 2 is 1.91 bits per heavy atom. The Labute approximate surface area is 210 Å². The molecule has 3 amide bonds. The Balaban J connectivity index is 1.58. The molecule has 7 nitrogen and oxygen atoms in total. The summed E-state index contributed by atoms with van der Waals surface area (Å²) in [6, 6.07) is 10.6. The van der Waals surface area contributed by atoms with Gasteiger partial charge in [0.15, 0.2) is 0 Å². The van der Waals surface area contributed by atoms with Gasteiger partial charge in [-0.3, -0.25) is 9.69 Å². The number of carbonyl (C=O) groups is 2. The normalized spacial score (nSPS) is 22.1. The Morgan fingerprint density at radius 1 is 1.21 bits per heavy atom. The number of urea groups is 1. The summed E-state index contributed by atoms with van der Waals surface area (Å²) < 4.78 is 0. The smallest absolute Gasteiger partial charge is 0.329 e. The van der Waals surface area contributed by atoms with Crippen molar-refractivity contribution in [3.05, 3.63) is 58.1 Å². The number of hydrogen-bond acceptors (Lipinski definition) is 4. The highest BCUT2D eigenvalue weighted by molar-refractivity contribution is 6.42. The molecule has 0 saturated carbocycles. The lowest BCUT2D eigenvalue weighted by Crippen LogP contribution is -2.63. The van der Waals surface area contributed by atoms with Gasteiger partial charge in [0, 0.05) is 18.7 Å². The number of carbonyl (C=O) groups excluding carboxylic acids is 2. The van der Waals surface area contributed by atoms with Crippen LogP contribution in [0.15, 0.2) is 42.5 Å². The number of nitrogens with zero attached hydrogens (tertiary/aromatic N) is 2. The van der Waals surface area contributed by atoms with Gasteiger partial charge in [0.05, 0.1) is 21.4 Å². The molecule has 0 aromatic heterocycles. The van der Waals surface area contributed by atoms with Crippen molar-refractivity contribution in [1.29, 1.82) is 0 Å². The molecule has 2 aromatic carbocycles. The molecule has 2 heterocycles. The minimum Gasteiger partial charge on any atom is -0.359 e. The van der Waals surface area contributed by atoms with Crippen LogP contribution in [0.2, 0.25) is 10.0 Å². The molecule has 0 unspecified atom stereocenters. The lowest BCUT2D eigenvalue weighted by molar-refractivity contribution is -0.140. The summed E-state index contributed by atoms with van der Waals surface area (Å²) in [5.74, 6) is 0.248. The van der Waals surface area contributed by atoms with Crippen molar-refractivity contribution < 1.29 is 14.7 Å². The zero-order chi connectivity index (χ0) is 24.5. The highest BCUT2D eigenvalue weighted by Crippen LogP contribution is 2.41. The fourth-order valence-electron chi connectivity index (χ4n) is 4.63. The SMILES string of the molecule is CC1CCN(C[C@@H](C)CNC(=O)[C@]2(O)c3ccccc3NC(=O)N2c2ccc(Cl)c(Cl)c2)CC1. The van der Waals surface area contributed by atoms with E-state index in [1.807, 2.05) is 0 Å². The predicted octanol–water partition coefficient (Wildman–Crippen LogP) is 4.67. The first kappa shape index (κ1) is 24.8. The van der Waals surface area contributed by atoms with E-state index in [2.05, 4.69) is 29.4 Å². The monoisotopic (exact) mass is 504 g/mol. The number of anilines is 2. The molecule has 182 valence electrons. The molecule has 2 aliphatic rings. The maximum atomic E-state index is 13.5. The van der Waals surface area contributed by atoms with Crippen LogP contribution in [-0.4, -0.2) is 48.1 Å². The van der Waals surface area contributed by atoms with Crippen LogP contribution in [0.4, 0.5) is 16.2 Å². The van der Waals surface area contributed by atoms with Crippen molar-refractivity contribution in [1.82, 2.24) is 10.2 Å². The van der Waals surface area contributed by atoms with Gasteiger partial charge in [-0.15, -0.1) is 0 Å². The highest BCUT2D eigenvalue weighted by atomic mass is 35.5. The van der Waals surface area contributed by atoms with E-state index in [0.717, 1.165) is 30.5 Å². The third kappa shape index (κ3) is 4.89. The fourth-order valence-corrected chi connectivity index (χ4v) is 4.92. The first-order valence-corrected chi connectivity index (χ1v) is 12.3. The number of piperidine rings is 1. The van der Waals surface area contributed by atoms with Crippen molar-refractivity contribution in [2.75, 3.05) is 36.4 Å². The van der Waals surface area contributed by atoms with Crippen LogP contribution < -0.4 is 15.5 Å². The van der Waals surface area contributed by atoms with Gasteiger partial charge >= 0.3 is 6.03 Å². The topological polar surface area (TPSA) is 84.9 Å². The van der Waals surface area contributed by atoms with Gasteiger partial charge in [0.1, 0.15) is 0 Å². The summed E-state index contributed by atoms with van der Waals surface area (Å²) in [4.78, 5) is 30.1. The largest absolute Gasteiger partial charge is 0.359 e. The molecule has 1 fully saturated rings. The molecule has 2 aliphatic heterocycles. The number of aliphatic hydroxyl groups is 1. The van der Waals surface area contributed by atoms with E-state index >= 15 is 0 Å². The van der Waals surface area contributed by atoms with E-state index in [0.29, 0.717) is 17.3 Å². The minimum absolute atomic E-state index is 0.173. The van der Waals surface area contributed by atoms with Crippen molar-refractivity contribution >= 4 is 46.5 Å². The summed E-state index contributed by atoms with van der Waals surface area (Å²) in [7, 11) is 0. The third-order valence-corrected chi connectivity index (χ3v) is 7.35. The maximum Gasteiger partial charge on any atom is 0.329 e. The van der Waals surface area contributed by atoms with Crippen LogP contribution in [0.25, 0.3) is 0 Å². The Bertz CT molecular complexity index is 1070. The molecule has 34 heavy (non-hydrogen) atoms. The molecule has 3 N–H and O–H groups in total. The number of hydrogen-bond donors (Lipinski definition) is 3. The number of halogens is 2. The first-order chi connectivity index (χ1) is 16.2. The average molecular weight is 505 g/mol. The minimum atomic E-state index is -2.27. The third-order valence-electron chi connectivity index (χ3n) is 6.61. The summed E-state index contributed by atoms with van der Waals surface area (Å²) in [5, 5.41) is 18.0. The van der Waals surface area contributed by atoms with Gasteiger partial charge < -0.3 is 20.6 Å². The van der Waals surface area contributed by atoms with Gasteiger partial charge in [-0.25, -0.2) is 4.79 Å². The van der Waals surface area contributed by atoms with E-state index in [1.54, 1.807) is 30.3 Å². The summed E-state index contributed by atoms with van der Waals surface area (Å²) in [5.41, 5.74) is -1.38. The van der Waals surface area contributed by atoms with Gasteiger partial charge in [0.25, 0.3) is 11.6 Å². The van der Waals surface area contributed by atoms with E-state index in [4.69, 9.17) is 23.2 Å². The lowest BCUT2D eigenvalue weighted by Gasteiger charge is -2.43. The lowest BCUT2D eigenvalue weighted by atomic mass is 9.94. The second kappa shape index (κ2) is 10.1. The molecule has 0 aliphatic carbocycles. The first-order valence-electron chi connectivity index (χ1n) is 11.6. The number of fused-ring (bicyclic) bond motifs is 1. The van der Waals surface area contributed by atoms with E-state index < -0.39 is 17.7 Å². The van der Waals surface area contributed by atoms with Crippen LogP contribution in [0.3, 0.4) is 0 Å². The highest BCUT2D eigenvalue weighted by Gasteiger charge is 2.52. The number of likely N-dealkylation sites (tertiary alicyclic amines) is 1. The predicted molar refractivity (Wildman–Crippen MR) is 135 cm³/mol. The Hall–Kier alpha value is -2.32. The van der Waals surface area contributed by atoms with E-state index in [9.17, 15) is 14.7 Å². The van der Waals surface area contributed by atoms with Crippen LogP contribution in [0, 0.1) is 11.8 Å². The van der Waals surface area contributed by atoms with Crippen LogP contribution in [0.1, 0.15) is 32.3 Å². The quantitative estimate of drug-likeness (QED) is 0.533. The Kier molecular flexibility index (Phi) is 7.38. The van der Waals surface area contributed by atoms with E-state index in [-0.39, 0.29) is 22.2 Å². The Morgan fingerprint density at radius 3 is 2.62 bits per heavy atom. The van der Waals surface area contributed by atoms with Gasteiger partial charge in [-0.05, 0) is 62.0 Å². The maximum absolute atomic E-state index is 13.5. The molecule has 2 aromatic rings. The van der Waals surface area contributed by atoms with Crippen LogP contribution >= 0.6 is 23.2 Å². The molecule has 0 bridgehead atoms. The average Bonchev–Trinajstić information content (AvgIpc) is 2.81.